The van der Waals surface area contributed by atoms with Gasteiger partial charge in [-0.15, -0.1) is 22.7 Å². The lowest BCUT2D eigenvalue weighted by Crippen LogP contribution is -2.25. The van der Waals surface area contributed by atoms with Crippen LogP contribution in [0.4, 0.5) is 0 Å². The fraction of sp³-hybridized carbons (Fsp3) is 0.176. The van der Waals surface area contributed by atoms with Crippen LogP contribution in [0.15, 0.2) is 46.3 Å². The van der Waals surface area contributed by atoms with Gasteiger partial charge >= 0.3 is 0 Å². The molecule has 0 aliphatic carbocycles. The van der Waals surface area contributed by atoms with E-state index in [1.54, 1.807) is 22.7 Å². The van der Waals surface area contributed by atoms with Gasteiger partial charge in [-0.3, -0.25) is 4.79 Å². The summed E-state index contributed by atoms with van der Waals surface area (Å²) in [5.74, 6) is -0.0433. The molecule has 3 nitrogen and oxygen atoms in total. The minimum Gasteiger partial charge on any atom is -0.352 e. The number of hydrogen-bond acceptors (Lipinski definition) is 4. The number of aromatic nitrogens is 1. The Bertz CT molecular complexity index is 825. The molecule has 0 saturated heterocycles. The standard InChI is InChI=1S/C17H15BrN2OS2/c1-11-20-15(10-22-11)16-6-5-14(23-16)7-8-19-17(21)12-3-2-4-13(18)9-12/h2-6,9-10H,7-8H2,1H3,(H,19,21). The number of aryl methyl sites for hydroxylation is 1. The molecule has 3 rings (SSSR count). The van der Waals surface area contributed by atoms with E-state index >= 15 is 0 Å². The third kappa shape index (κ3) is 4.28. The molecule has 0 atom stereocenters. The van der Waals surface area contributed by atoms with Gasteiger partial charge in [0.1, 0.15) is 0 Å². The van der Waals surface area contributed by atoms with E-state index in [0.29, 0.717) is 12.1 Å². The Morgan fingerprint density at radius 2 is 2.17 bits per heavy atom. The number of amides is 1. The van der Waals surface area contributed by atoms with Gasteiger partial charge < -0.3 is 5.32 Å². The lowest BCUT2D eigenvalue weighted by atomic mass is 10.2. The highest BCUT2D eigenvalue weighted by Gasteiger charge is 2.08. The molecular weight excluding hydrogens is 392 g/mol. The van der Waals surface area contributed by atoms with Crippen molar-refractivity contribution in [2.45, 2.75) is 13.3 Å². The maximum absolute atomic E-state index is 12.1. The second-order valence-corrected chi connectivity index (χ2v) is 8.18. The normalized spacial score (nSPS) is 10.7. The van der Waals surface area contributed by atoms with E-state index in [1.165, 1.54) is 9.75 Å². The molecule has 0 spiro atoms. The predicted molar refractivity (Wildman–Crippen MR) is 100 cm³/mol. The van der Waals surface area contributed by atoms with E-state index < -0.39 is 0 Å². The number of nitrogens with one attached hydrogen (secondary N) is 1. The minimum absolute atomic E-state index is 0.0433. The fourth-order valence-corrected chi connectivity index (χ4v) is 4.21. The summed E-state index contributed by atoms with van der Waals surface area (Å²) in [7, 11) is 0. The van der Waals surface area contributed by atoms with Crippen molar-refractivity contribution in [1.82, 2.24) is 10.3 Å². The van der Waals surface area contributed by atoms with Crippen LogP contribution in [-0.2, 0) is 6.42 Å². The van der Waals surface area contributed by atoms with Gasteiger partial charge in [-0.1, -0.05) is 22.0 Å². The highest BCUT2D eigenvalue weighted by atomic mass is 79.9. The minimum atomic E-state index is -0.0433. The van der Waals surface area contributed by atoms with Crippen LogP contribution >= 0.6 is 38.6 Å². The quantitative estimate of drug-likeness (QED) is 0.653. The van der Waals surface area contributed by atoms with E-state index in [4.69, 9.17) is 0 Å². The number of thiophene rings is 1. The average Bonchev–Trinajstić information content (AvgIpc) is 3.16. The van der Waals surface area contributed by atoms with Crippen molar-refractivity contribution in [3.8, 4) is 10.6 Å². The van der Waals surface area contributed by atoms with Gasteiger partial charge in [-0.05, 0) is 43.7 Å². The summed E-state index contributed by atoms with van der Waals surface area (Å²) in [5.41, 5.74) is 1.71. The number of halogens is 1. The van der Waals surface area contributed by atoms with Crippen molar-refractivity contribution in [3.63, 3.8) is 0 Å². The molecule has 0 aliphatic heterocycles. The first-order chi connectivity index (χ1) is 11.1. The number of carbonyl (C=O) groups excluding carboxylic acids is 1. The summed E-state index contributed by atoms with van der Waals surface area (Å²) in [6.07, 6.45) is 0.827. The Balaban J connectivity index is 1.55. The first-order valence-electron chi connectivity index (χ1n) is 7.17. The van der Waals surface area contributed by atoms with Crippen molar-refractivity contribution in [2.24, 2.45) is 0 Å². The summed E-state index contributed by atoms with van der Waals surface area (Å²) in [5, 5.41) is 6.12. The third-order valence-electron chi connectivity index (χ3n) is 3.28. The van der Waals surface area contributed by atoms with Crippen LogP contribution in [0.3, 0.4) is 0 Å². The zero-order chi connectivity index (χ0) is 16.2. The molecule has 1 N–H and O–H groups in total. The van der Waals surface area contributed by atoms with Gasteiger partial charge in [-0.25, -0.2) is 4.98 Å². The van der Waals surface area contributed by atoms with E-state index in [2.05, 4.69) is 43.7 Å². The zero-order valence-electron chi connectivity index (χ0n) is 12.5. The maximum Gasteiger partial charge on any atom is 0.251 e. The molecule has 0 unspecified atom stereocenters. The lowest BCUT2D eigenvalue weighted by molar-refractivity contribution is 0.0954. The molecule has 0 fully saturated rings. The van der Waals surface area contributed by atoms with E-state index in [9.17, 15) is 4.79 Å². The second kappa shape index (κ2) is 7.38. The first-order valence-corrected chi connectivity index (χ1v) is 9.66. The number of benzene rings is 1. The predicted octanol–water partition coefficient (Wildman–Crippen LogP) is 4.92. The van der Waals surface area contributed by atoms with Gasteiger partial charge in [0.25, 0.3) is 5.91 Å². The molecule has 1 aromatic carbocycles. The molecule has 23 heavy (non-hydrogen) atoms. The van der Waals surface area contributed by atoms with Crippen LogP contribution in [0.2, 0.25) is 0 Å². The molecule has 0 radical (unpaired) electrons. The van der Waals surface area contributed by atoms with Crippen LogP contribution in [0.1, 0.15) is 20.2 Å². The SMILES string of the molecule is Cc1nc(-c2ccc(CCNC(=O)c3cccc(Br)c3)s2)cs1. The number of rotatable bonds is 5. The molecule has 1 amide bonds. The van der Waals surface area contributed by atoms with E-state index in [1.807, 2.05) is 31.2 Å². The van der Waals surface area contributed by atoms with Crippen molar-refractivity contribution >= 4 is 44.5 Å². The third-order valence-corrected chi connectivity index (χ3v) is 5.71. The lowest BCUT2D eigenvalue weighted by Gasteiger charge is -2.04. The van der Waals surface area contributed by atoms with E-state index in [0.717, 1.165) is 21.6 Å². The van der Waals surface area contributed by atoms with Crippen molar-refractivity contribution < 1.29 is 4.79 Å². The van der Waals surface area contributed by atoms with E-state index in [-0.39, 0.29) is 5.91 Å². The topological polar surface area (TPSA) is 42.0 Å². The first kappa shape index (κ1) is 16.4. The van der Waals surface area contributed by atoms with Crippen LogP contribution in [0.25, 0.3) is 10.6 Å². The molecule has 118 valence electrons. The number of thiazole rings is 1. The monoisotopic (exact) mass is 406 g/mol. The number of hydrogen-bond donors (Lipinski definition) is 1. The molecule has 6 heteroatoms. The molecule has 2 heterocycles. The average molecular weight is 407 g/mol. The summed E-state index contributed by atoms with van der Waals surface area (Å²) < 4.78 is 0.909. The Labute approximate surface area is 151 Å². The summed E-state index contributed by atoms with van der Waals surface area (Å²) in [4.78, 5) is 19.0. The van der Waals surface area contributed by atoms with Gasteiger partial charge in [0.2, 0.25) is 0 Å². The molecule has 0 saturated carbocycles. The Kier molecular flexibility index (Phi) is 5.25. The van der Waals surface area contributed by atoms with Crippen molar-refractivity contribution in [2.75, 3.05) is 6.54 Å². The van der Waals surface area contributed by atoms with Crippen molar-refractivity contribution in [3.05, 3.63) is 61.7 Å². The molecule has 2 aromatic heterocycles. The van der Waals surface area contributed by atoms with Crippen LogP contribution in [0, 0.1) is 6.92 Å². The number of carbonyl (C=O) groups is 1. The smallest absolute Gasteiger partial charge is 0.251 e. The Morgan fingerprint density at radius 1 is 1.30 bits per heavy atom. The second-order valence-electron chi connectivity index (χ2n) is 5.03. The van der Waals surface area contributed by atoms with Crippen molar-refractivity contribution in [1.29, 1.82) is 0 Å². The Hall–Kier alpha value is -1.50. The maximum atomic E-state index is 12.1. The summed E-state index contributed by atoms with van der Waals surface area (Å²) in [6.45, 7) is 2.64. The van der Waals surface area contributed by atoms with Crippen LogP contribution in [-0.4, -0.2) is 17.4 Å². The summed E-state index contributed by atoms with van der Waals surface area (Å²) >= 11 is 6.78. The van der Waals surface area contributed by atoms with Gasteiger partial charge in [-0.2, -0.15) is 0 Å². The van der Waals surface area contributed by atoms with Gasteiger partial charge in [0, 0.05) is 26.8 Å². The van der Waals surface area contributed by atoms with Crippen LogP contribution < -0.4 is 5.32 Å². The van der Waals surface area contributed by atoms with Crippen LogP contribution in [0.5, 0.6) is 0 Å². The Morgan fingerprint density at radius 3 is 2.91 bits per heavy atom. The fourth-order valence-electron chi connectivity index (χ4n) is 2.16. The zero-order valence-corrected chi connectivity index (χ0v) is 15.7. The van der Waals surface area contributed by atoms with Gasteiger partial charge in [0.05, 0.1) is 15.6 Å². The molecule has 3 aromatic rings. The number of nitrogens with zero attached hydrogens (tertiary/aromatic N) is 1. The molecular formula is C17H15BrN2OS2. The highest BCUT2D eigenvalue weighted by molar-refractivity contribution is 9.10. The summed E-state index contributed by atoms with van der Waals surface area (Å²) in [6, 6.07) is 11.6. The molecule has 0 bridgehead atoms. The highest BCUT2D eigenvalue weighted by Crippen LogP contribution is 2.29. The largest absolute Gasteiger partial charge is 0.352 e. The molecule has 0 aliphatic rings. The van der Waals surface area contributed by atoms with Gasteiger partial charge in [0.15, 0.2) is 0 Å².